The molecule has 5 nitrogen and oxygen atoms in total. The Hall–Kier alpha value is -2.39. The van der Waals surface area contributed by atoms with Gasteiger partial charge in [0.15, 0.2) is 0 Å². The molecule has 0 N–H and O–H groups in total. The van der Waals surface area contributed by atoms with E-state index >= 15 is 0 Å². The molecule has 1 heterocycles. The van der Waals surface area contributed by atoms with Crippen molar-refractivity contribution in [2.24, 2.45) is 0 Å². The number of rotatable bonds is 4. The molecule has 0 aliphatic rings. The highest BCUT2D eigenvalue weighted by Gasteiger charge is 2.22. The van der Waals surface area contributed by atoms with E-state index in [1.165, 1.54) is 19.2 Å². The molecule has 0 bridgehead atoms. The Balaban J connectivity index is 2.35. The molecule has 0 unspecified atom stereocenters. The lowest BCUT2D eigenvalue weighted by molar-refractivity contribution is 0.594. The van der Waals surface area contributed by atoms with E-state index in [1.54, 1.807) is 37.3 Å². The van der Waals surface area contributed by atoms with Crippen LogP contribution in [0.15, 0.2) is 47.4 Å². The van der Waals surface area contributed by atoms with Crippen molar-refractivity contribution in [3.8, 4) is 6.07 Å². The van der Waals surface area contributed by atoms with Crippen LogP contribution in [0.5, 0.6) is 0 Å². The van der Waals surface area contributed by atoms with Crippen molar-refractivity contribution in [3.05, 3.63) is 53.7 Å². The van der Waals surface area contributed by atoms with Gasteiger partial charge in [0.25, 0.3) is 10.0 Å². The van der Waals surface area contributed by atoms with Gasteiger partial charge in [0, 0.05) is 12.7 Å². The van der Waals surface area contributed by atoms with Crippen LogP contribution in [0.1, 0.15) is 11.3 Å². The summed E-state index contributed by atoms with van der Waals surface area (Å²) in [4.78, 5) is 4.39. The lowest BCUT2D eigenvalue weighted by Gasteiger charge is -2.18. The zero-order valence-electron chi connectivity index (χ0n) is 11.8. The predicted octanol–water partition coefficient (Wildman–Crippen LogP) is 2.28. The maximum atomic E-state index is 12.5. The molecular weight excluding hydrogens is 286 g/mol. The Morgan fingerprint density at radius 1 is 1.19 bits per heavy atom. The zero-order valence-corrected chi connectivity index (χ0v) is 12.6. The molecule has 0 amide bonds. The first kappa shape index (κ1) is 15.0. The number of nitriles is 1. The van der Waals surface area contributed by atoms with Gasteiger partial charge in [-0.2, -0.15) is 5.26 Å². The van der Waals surface area contributed by atoms with Crippen LogP contribution >= 0.6 is 0 Å². The molecule has 108 valence electrons. The monoisotopic (exact) mass is 301 g/mol. The molecule has 0 atom stereocenters. The maximum absolute atomic E-state index is 12.5. The fourth-order valence-corrected chi connectivity index (χ4v) is 3.00. The van der Waals surface area contributed by atoms with Gasteiger partial charge >= 0.3 is 0 Å². The zero-order chi connectivity index (χ0) is 15.5. The summed E-state index contributed by atoms with van der Waals surface area (Å²) < 4.78 is 26.2. The minimum absolute atomic E-state index is 0.176. The van der Waals surface area contributed by atoms with Gasteiger partial charge in [0.2, 0.25) is 0 Å². The van der Waals surface area contributed by atoms with Crippen LogP contribution in [0.3, 0.4) is 0 Å². The smallest absolute Gasteiger partial charge is 0.253 e. The lowest BCUT2D eigenvalue weighted by atomic mass is 10.2. The van der Waals surface area contributed by atoms with Gasteiger partial charge in [-0.15, -0.1) is 0 Å². The lowest BCUT2D eigenvalue weighted by Crippen LogP contribution is -2.27. The topological polar surface area (TPSA) is 74.1 Å². The fraction of sp³-hybridized carbons (Fsp3) is 0.200. The average molecular weight is 301 g/mol. The van der Waals surface area contributed by atoms with E-state index in [9.17, 15) is 8.42 Å². The van der Waals surface area contributed by atoms with Gasteiger partial charge < -0.3 is 0 Å². The number of nitrogens with zero attached hydrogens (tertiary/aromatic N) is 3. The van der Waals surface area contributed by atoms with Crippen molar-refractivity contribution in [1.82, 2.24) is 4.98 Å². The Morgan fingerprint density at radius 3 is 2.43 bits per heavy atom. The molecule has 6 heteroatoms. The first-order valence-corrected chi connectivity index (χ1v) is 7.77. The Kier molecular flexibility index (Phi) is 4.24. The molecular formula is C15H15N3O2S. The van der Waals surface area contributed by atoms with Gasteiger partial charge in [0.1, 0.15) is 5.82 Å². The molecule has 0 radical (unpaired) electrons. The van der Waals surface area contributed by atoms with Gasteiger partial charge in [-0.1, -0.05) is 18.2 Å². The minimum atomic E-state index is -3.65. The third kappa shape index (κ3) is 3.20. The van der Waals surface area contributed by atoms with E-state index in [1.807, 2.05) is 6.07 Å². The van der Waals surface area contributed by atoms with Crippen molar-refractivity contribution in [1.29, 1.82) is 5.26 Å². The number of aryl methyl sites for hydroxylation is 1. The second kappa shape index (κ2) is 5.94. The molecule has 0 aliphatic heterocycles. The Bertz CT molecular complexity index is 777. The standard InChI is InChI=1S/C15H15N3O2S/c1-12-4-3-5-15(17-12)18(2)21(19,20)14-8-6-13(7-9-14)10-11-16/h3-9H,10H2,1-2H3. The summed E-state index contributed by atoms with van der Waals surface area (Å²) in [5, 5.41) is 8.63. The van der Waals surface area contributed by atoms with Gasteiger partial charge in [-0.3, -0.25) is 4.31 Å². The third-order valence-corrected chi connectivity index (χ3v) is 4.84. The summed E-state index contributed by atoms with van der Waals surface area (Å²) in [7, 11) is -2.18. The summed E-state index contributed by atoms with van der Waals surface area (Å²) in [5.74, 6) is 0.371. The van der Waals surface area contributed by atoms with Crippen LogP contribution in [0.4, 0.5) is 5.82 Å². The average Bonchev–Trinajstić information content (AvgIpc) is 2.47. The van der Waals surface area contributed by atoms with Crippen LogP contribution in [0, 0.1) is 18.3 Å². The Labute approximate surface area is 124 Å². The number of hydrogen-bond donors (Lipinski definition) is 0. The van der Waals surface area contributed by atoms with Gasteiger partial charge in [-0.25, -0.2) is 13.4 Å². The van der Waals surface area contributed by atoms with Crippen molar-refractivity contribution >= 4 is 15.8 Å². The number of pyridine rings is 1. The van der Waals surface area contributed by atoms with Gasteiger partial charge in [0.05, 0.1) is 17.4 Å². The number of benzene rings is 1. The summed E-state index contributed by atoms with van der Waals surface area (Å²) in [6.07, 6.45) is 0.260. The number of hydrogen-bond acceptors (Lipinski definition) is 4. The third-order valence-electron chi connectivity index (χ3n) is 3.06. The van der Waals surface area contributed by atoms with E-state index in [0.29, 0.717) is 5.82 Å². The molecule has 21 heavy (non-hydrogen) atoms. The van der Waals surface area contributed by atoms with E-state index in [2.05, 4.69) is 4.98 Å². The fourth-order valence-electron chi connectivity index (χ4n) is 1.86. The molecule has 0 aliphatic carbocycles. The molecule has 0 saturated carbocycles. The summed E-state index contributed by atoms with van der Waals surface area (Å²) >= 11 is 0. The first-order valence-electron chi connectivity index (χ1n) is 6.33. The van der Waals surface area contributed by atoms with E-state index in [4.69, 9.17) is 5.26 Å². The van der Waals surface area contributed by atoms with Crippen LogP contribution < -0.4 is 4.31 Å². The summed E-state index contributed by atoms with van der Waals surface area (Å²) in [6.45, 7) is 1.81. The second-order valence-corrected chi connectivity index (χ2v) is 6.56. The summed E-state index contributed by atoms with van der Waals surface area (Å²) in [6, 6.07) is 13.6. The molecule has 2 aromatic rings. The SMILES string of the molecule is Cc1cccc(N(C)S(=O)(=O)c2ccc(CC#N)cc2)n1. The van der Waals surface area contributed by atoms with Crippen LogP contribution in [0.2, 0.25) is 0 Å². The molecule has 0 fully saturated rings. The molecule has 0 saturated heterocycles. The second-order valence-electron chi connectivity index (χ2n) is 4.59. The highest BCUT2D eigenvalue weighted by molar-refractivity contribution is 7.92. The number of sulfonamides is 1. The summed E-state index contributed by atoms with van der Waals surface area (Å²) in [5.41, 5.74) is 1.53. The quantitative estimate of drug-likeness (QED) is 0.868. The number of aromatic nitrogens is 1. The van der Waals surface area contributed by atoms with Crippen molar-refractivity contribution < 1.29 is 8.42 Å². The van der Waals surface area contributed by atoms with Crippen molar-refractivity contribution in [2.45, 2.75) is 18.2 Å². The van der Waals surface area contributed by atoms with Crippen molar-refractivity contribution in [3.63, 3.8) is 0 Å². The molecule has 0 spiro atoms. The van der Waals surface area contributed by atoms with E-state index in [-0.39, 0.29) is 11.3 Å². The molecule has 1 aromatic carbocycles. The van der Waals surface area contributed by atoms with E-state index in [0.717, 1.165) is 15.6 Å². The highest BCUT2D eigenvalue weighted by atomic mass is 32.2. The van der Waals surface area contributed by atoms with E-state index < -0.39 is 10.0 Å². The first-order chi connectivity index (χ1) is 9.95. The minimum Gasteiger partial charge on any atom is -0.253 e. The molecule has 1 aromatic heterocycles. The van der Waals surface area contributed by atoms with Crippen LogP contribution in [-0.4, -0.2) is 20.4 Å². The largest absolute Gasteiger partial charge is 0.265 e. The highest BCUT2D eigenvalue weighted by Crippen LogP contribution is 2.20. The van der Waals surface area contributed by atoms with Crippen molar-refractivity contribution in [2.75, 3.05) is 11.4 Å². The van der Waals surface area contributed by atoms with Crippen LogP contribution in [0.25, 0.3) is 0 Å². The van der Waals surface area contributed by atoms with Gasteiger partial charge in [-0.05, 0) is 36.8 Å². The molecule has 2 rings (SSSR count). The Morgan fingerprint density at radius 2 is 1.86 bits per heavy atom. The number of anilines is 1. The normalized spacial score (nSPS) is 10.9. The maximum Gasteiger partial charge on any atom is 0.265 e. The predicted molar refractivity (Wildman–Crippen MR) is 80.3 cm³/mol. The van der Waals surface area contributed by atoms with Crippen LogP contribution in [-0.2, 0) is 16.4 Å².